The van der Waals surface area contributed by atoms with E-state index in [0.29, 0.717) is 29.6 Å². The van der Waals surface area contributed by atoms with Gasteiger partial charge in [-0.2, -0.15) is 0 Å². The third-order valence-corrected chi connectivity index (χ3v) is 3.77. The fourth-order valence-corrected chi connectivity index (χ4v) is 2.45. The van der Waals surface area contributed by atoms with Crippen LogP contribution in [0.25, 0.3) is 0 Å². The van der Waals surface area contributed by atoms with Crippen LogP contribution in [0.2, 0.25) is 0 Å². The molecule has 1 aliphatic carbocycles. The summed E-state index contributed by atoms with van der Waals surface area (Å²) < 4.78 is 0. The number of ketones is 1. The molecule has 1 aromatic carbocycles. The van der Waals surface area contributed by atoms with Crippen LogP contribution in [0.5, 0.6) is 0 Å². The van der Waals surface area contributed by atoms with Gasteiger partial charge in [-0.05, 0) is 56.7 Å². The molecule has 0 bridgehead atoms. The maximum Gasteiger partial charge on any atom is 0.331 e. The van der Waals surface area contributed by atoms with Gasteiger partial charge in [0.05, 0.1) is 0 Å². The van der Waals surface area contributed by atoms with Gasteiger partial charge >= 0.3 is 5.97 Å². The number of hydrogen-bond donors (Lipinski definition) is 1. The first kappa shape index (κ1) is 13.5. The second-order valence-corrected chi connectivity index (χ2v) is 5.10. The van der Waals surface area contributed by atoms with Gasteiger partial charge in [0, 0.05) is 16.7 Å². The summed E-state index contributed by atoms with van der Waals surface area (Å²) in [6.45, 7) is 3.95. The van der Waals surface area contributed by atoms with Crippen molar-refractivity contribution in [2.45, 2.75) is 39.5 Å². The Morgan fingerprint density at radius 2 is 1.63 bits per heavy atom. The molecule has 2 rings (SSSR count). The molecule has 0 heterocycles. The van der Waals surface area contributed by atoms with E-state index in [1.54, 1.807) is 6.07 Å². The second-order valence-electron chi connectivity index (χ2n) is 5.10. The van der Waals surface area contributed by atoms with E-state index in [4.69, 9.17) is 0 Å². The molecule has 1 N–H and O–H groups in total. The average Bonchev–Trinajstić information content (AvgIpc) is 2.41. The molecule has 0 fully saturated rings. The van der Waals surface area contributed by atoms with Crippen molar-refractivity contribution in [3.8, 4) is 0 Å². The standard InChI is InChI=1S/C16H18O3/c1-10-7-8-12(9-11(10)2)15(17)13-5-3-4-6-14(13)16(18)19/h7-9H,3-6H2,1-2H3,(H,18,19). The summed E-state index contributed by atoms with van der Waals surface area (Å²) in [6, 6.07) is 5.54. The molecule has 0 radical (unpaired) electrons. The van der Waals surface area contributed by atoms with Gasteiger partial charge in [-0.25, -0.2) is 4.79 Å². The number of aryl methyl sites for hydroxylation is 2. The predicted molar refractivity (Wildman–Crippen MR) is 73.4 cm³/mol. The van der Waals surface area contributed by atoms with Gasteiger partial charge in [0.2, 0.25) is 0 Å². The summed E-state index contributed by atoms with van der Waals surface area (Å²) in [7, 11) is 0. The predicted octanol–water partition coefficient (Wildman–Crippen LogP) is 3.44. The van der Waals surface area contributed by atoms with Crippen LogP contribution in [0, 0.1) is 13.8 Å². The van der Waals surface area contributed by atoms with Crippen molar-refractivity contribution in [3.05, 3.63) is 46.0 Å². The van der Waals surface area contributed by atoms with Crippen molar-refractivity contribution in [1.82, 2.24) is 0 Å². The van der Waals surface area contributed by atoms with Crippen LogP contribution in [0.15, 0.2) is 29.3 Å². The zero-order valence-electron chi connectivity index (χ0n) is 11.3. The van der Waals surface area contributed by atoms with E-state index in [-0.39, 0.29) is 5.78 Å². The van der Waals surface area contributed by atoms with Crippen LogP contribution in [0.1, 0.15) is 47.2 Å². The van der Waals surface area contributed by atoms with Gasteiger partial charge in [-0.1, -0.05) is 12.1 Å². The fraction of sp³-hybridized carbons (Fsp3) is 0.375. The lowest BCUT2D eigenvalue weighted by atomic mass is 9.86. The SMILES string of the molecule is Cc1ccc(C(=O)C2=C(C(=O)O)CCCC2)cc1C. The lowest BCUT2D eigenvalue weighted by Crippen LogP contribution is -2.15. The van der Waals surface area contributed by atoms with E-state index in [0.717, 1.165) is 24.0 Å². The Hall–Kier alpha value is -1.90. The number of carboxylic acid groups (broad SMARTS) is 1. The van der Waals surface area contributed by atoms with Gasteiger partial charge < -0.3 is 5.11 Å². The average molecular weight is 258 g/mol. The van der Waals surface area contributed by atoms with Crippen molar-refractivity contribution >= 4 is 11.8 Å². The Kier molecular flexibility index (Phi) is 3.84. The molecule has 3 nitrogen and oxygen atoms in total. The normalized spacial score (nSPS) is 15.5. The van der Waals surface area contributed by atoms with Crippen molar-refractivity contribution < 1.29 is 14.7 Å². The molecular formula is C16H18O3. The van der Waals surface area contributed by atoms with Crippen molar-refractivity contribution in [3.63, 3.8) is 0 Å². The third-order valence-electron chi connectivity index (χ3n) is 3.77. The monoisotopic (exact) mass is 258 g/mol. The molecule has 0 spiro atoms. The first-order chi connectivity index (χ1) is 9.00. The number of rotatable bonds is 3. The molecule has 0 amide bonds. The molecule has 0 saturated heterocycles. The van der Waals surface area contributed by atoms with E-state index in [1.807, 2.05) is 26.0 Å². The smallest absolute Gasteiger partial charge is 0.331 e. The number of aliphatic carboxylic acids is 1. The largest absolute Gasteiger partial charge is 0.478 e. The van der Waals surface area contributed by atoms with Crippen LogP contribution < -0.4 is 0 Å². The first-order valence-electron chi connectivity index (χ1n) is 6.58. The minimum Gasteiger partial charge on any atom is -0.478 e. The molecule has 100 valence electrons. The minimum absolute atomic E-state index is 0.125. The van der Waals surface area contributed by atoms with Gasteiger partial charge in [0.15, 0.2) is 5.78 Å². The molecule has 3 heteroatoms. The maximum absolute atomic E-state index is 12.5. The highest BCUT2D eigenvalue weighted by molar-refractivity contribution is 6.12. The number of allylic oxidation sites excluding steroid dienone is 1. The molecule has 0 aromatic heterocycles. The number of Topliss-reactive ketones (excluding diaryl/α,β-unsaturated/α-hetero) is 1. The number of carbonyl (C=O) groups is 2. The van der Waals surface area contributed by atoms with Crippen LogP contribution in [0.4, 0.5) is 0 Å². The van der Waals surface area contributed by atoms with Crippen LogP contribution in [0.3, 0.4) is 0 Å². The van der Waals surface area contributed by atoms with Gasteiger partial charge in [0.1, 0.15) is 0 Å². The summed E-state index contributed by atoms with van der Waals surface area (Å²) in [5.41, 5.74) is 3.57. The molecule has 0 saturated carbocycles. The van der Waals surface area contributed by atoms with Crippen LogP contribution in [-0.4, -0.2) is 16.9 Å². The zero-order chi connectivity index (χ0) is 14.0. The fourth-order valence-electron chi connectivity index (χ4n) is 2.45. The molecule has 19 heavy (non-hydrogen) atoms. The summed E-state index contributed by atoms with van der Waals surface area (Å²) in [4.78, 5) is 23.7. The quantitative estimate of drug-likeness (QED) is 0.845. The zero-order valence-corrected chi connectivity index (χ0v) is 11.3. The van der Waals surface area contributed by atoms with Gasteiger partial charge in [0.25, 0.3) is 0 Å². The summed E-state index contributed by atoms with van der Waals surface area (Å²) in [5.74, 6) is -1.08. The molecule has 0 aliphatic heterocycles. The van der Waals surface area contributed by atoms with Crippen LogP contribution in [-0.2, 0) is 4.79 Å². The van der Waals surface area contributed by atoms with E-state index in [1.165, 1.54) is 0 Å². The minimum atomic E-state index is -0.952. The Morgan fingerprint density at radius 3 is 2.21 bits per heavy atom. The highest BCUT2D eigenvalue weighted by Crippen LogP contribution is 2.28. The lowest BCUT2D eigenvalue weighted by Gasteiger charge is -2.17. The molecule has 1 aliphatic rings. The number of carboxylic acids is 1. The van der Waals surface area contributed by atoms with Crippen molar-refractivity contribution in [2.75, 3.05) is 0 Å². The number of hydrogen-bond acceptors (Lipinski definition) is 2. The molecule has 0 atom stereocenters. The molecular weight excluding hydrogens is 240 g/mol. The van der Waals surface area contributed by atoms with Gasteiger partial charge in [-0.15, -0.1) is 0 Å². The van der Waals surface area contributed by atoms with Crippen LogP contribution >= 0.6 is 0 Å². The maximum atomic E-state index is 12.5. The number of benzene rings is 1. The Bertz CT molecular complexity index is 567. The van der Waals surface area contributed by atoms with Crippen molar-refractivity contribution in [1.29, 1.82) is 0 Å². The Balaban J connectivity index is 2.41. The molecule has 0 unspecified atom stereocenters. The van der Waals surface area contributed by atoms with E-state index in [9.17, 15) is 14.7 Å². The first-order valence-corrected chi connectivity index (χ1v) is 6.58. The highest BCUT2D eigenvalue weighted by Gasteiger charge is 2.24. The second kappa shape index (κ2) is 5.39. The topological polar surface area (TPSA) is 54.4 Å². The van der Waals surface area contributed by atoms with E-state index in [2.05, 4.69) is 0 Å². The molecule has 1 aromatic rings. The lowest BCUT2D eigenvalue weighted by molar-refractivity contribution is -0.133. The van der Waals surface area contributed by atoms with Crippen molar-refractivity contribution in [2.24, 2.45) is 0 Å². The van der Waals surface area contributed by atoms with E-state index < -0.39 is 5.97 Å². The summed E-state index contributed by atoms with van der Waals surface area (Å²) >= 11 is 0. The van der Waals surface area contributed by atoms with Gasteiger partial charge in [-0.3, -0.25) is 4.79 Å². The third kappa shape index (κ3) is 2.75. The summed E-state index contributed by atoms with van der Waals surface area (Å²) in [5, 5.41) is 9.19. The Morgan fingerprint density at radius 1 is 1.00 bits per heavy atom. The Labute approximate surface area is 113 Å². The number of carbonyl (C=O) groups excluding carboxylic acids is 1. The summed E-state index contributed by atoms with van der Waals surface area (Å²) in [6.07, 6.45) is 2.82. The highest BCUT2D eigenvalue weighted by atomic mass is 16.4. The van der Waals surface area contributed by atoms with E-state index >= 15 is 0 Å².